The van der Waals surface area contributed by atoms with Crippen molar-refractivity contribution >= 4 is 6.09 Å². The molecule has 0 saturated carbocycles. The van der Waals surface area contributed by atoms with E-state index in [1.54, 1.807) is 0 Å². The Kier molecular flexibility index (Phi) is 5.21. The van der Waals surface area contributed by atoms with Gasteiger partial charge in [0.15, 0.2) is 0 Å². The molecule has 0 aromatic heterocycles. The van der Waals surface area contributed by atoms with Crippen LogP contribution in [0.1, 0.15) is 26.7 Å². The molecule has 1 N–H and O–H groups in total. The van der Waals surface area contributed by atoms with Gasteiger partial charge in [0.05, 0.1) is 5.54 Å². The molecule has 2 rings (SSSR count). The van der Waals surface area contributed by atoms with Crippen molar-refractivity contribution in [3.63, 3.8) is 0 Å². The maximum absolute atomic E-state index is 11.5. The van der Waals surface area contributed by atoms with Gasteiger partial charge in [-0.1, -0.05) is 6.54 Å². The second kappa shape index (κ2) is 5.79. The predicted molar refractivity (Wildman–Crippen MR) is 57.5 cm³/mol. The molecule has 86 valence electrons. The van der Waals surface area contributed by atoms with E-state index in [2.05, 4.69) is 19.2 Å². The van der Waals surface area contributed by atoms with Gasteiger partial charge in [0.2, 0.25) is 0 Å². The fraction of sp³-hybridized carbons (Fsp3) is 0.818. The average Bonchev–Trinajstić information content (AvgIpc) is 2.47. The number of hydrogen-bond acceptors (Lipinski definition) is 3. The number of cyclic esters (lactones) is 1. The van der Waals surface area contributed by atoms with Gasteiger partial charge >= 0.3 is 38.8 Å². The summed E-state index contributed by atoms with van der Waals surface area (Å²) >= 11 is 0. The molecule has 0 unspecified atom stereocenters. The summed E-state index contributed by atoms with van der Waals surface area (Å²) in [4.78, 5) is 13.4. The van der Waals surface area contributed by atoms with E-state index in [0.717, 1.165) is 32.5 Å². The van der Waals surface area contributed by atoms with Crippen LogP contribution in [0.4, 0.5) is 4.79 Å². The molecule has 2 heterocycles. The van der Waals surface area contributed by atoms with Gasteiger partial charge in [0.1, 0.15) is 6.61 Å². The smallest absolute Gasteiger partial charge is 0.447 e. The molecule has 2 aliphatic rings. The molecule has 0 spiro atoms. The first-order valence-corrected chi connectivity index (χ1v) is 5.58. The zero-order chi connectivity index (χ0) is 10.9. The first-order valence-electron chi connectivity index (χ1n) is 5.58. The fourth-order valence-corrected chi connectivity index (χ4v) is 2.08. The molecule has 5 heteroatoms. The monoisotopic (exact) mass is 300 g/mol. The molecule has 0 bridgehead atoms. The van der Waals surface area contributed by atoms with Crippen molar-refractivity contribution in [1.29, 1.82) is 0 Å². The Balaban J connectivity index is 0.00000128. The minimum Gasteiger partial charge on any atom is -0.447 e. The summed E-state index contributed by atoms with van der Waals surface area (Å²) in [5, 5.41) is 3.32. The van der Waals surface area contributed by atoms with Crippen LogP contribution in [0.2, 0.25) is 0 Å². The molecule has 2 aliphatic heterocycles. The maximum Gasteiger partial charge on any atom is 3.00 e. The second-order valence-electron chi connectivity index (χ2n) is 4.95. The van der Waals surface area contributed by atoms with E-state index in [4.69, 9.17) is 4.74 Å². The van der Waals surface area contributed by atoms with E-state index in [1.807, 2.05) is 4.90 Å². The number of nitrogens with zero attached hydrogens (tertiary/aromatic N) is 1. The van der Waals surface area contributed by atoms with Crippen molar-refractivity contribution in [2.45, 2.75) is 32.2 Å². The van der Waals surface area contributed by atoms with Crippen LogP contribution in [-0.2, 0) is 37.4 Å². The van der Waals surface area contributed by atoms with Gasteiger partial charge in [0, 0.05) is 0 Å². The van der Waals surface area contributed by atoms with Crippen molar-refractivity contribution in [2.75, 3.05) is 26.2 Å². The van der Waals surface area contributed by atoms with E-state index in [1.165, 1.54) is 5.92 Å². The molecule has 0 aromatic carbocycles. The number of ether oxygens (including phenoxy) is 1. The number of carbonyl (C=O) groups excluding carboxylic acids is 1. The van der Waals surface area contributed by atoms with Crippen molar-refractivity contribution < 1.29 is 42.2 Å². The summed E-state index contributed by atoms with van der Waals surface area (Å²) in [6.07, 6.45) is 2.01. The largest absolute Gasteiger partial charge is 3.00 e. The summed E-state index contributed by atoms with van der Waals surface area (Å²) < 4.78 is 5.08. The van der Waals surface area contributed by atoms with Gasteiger partial charge in [0.25, 0.3) is 0 Å². The van der Waals surface area contributed by atoms with Crippen LogP contribution < -0.4 is 5.32 Å². The summed E-state index contributed by atoms with van der Waals surface area (Å²) in [6.45, 7) is 7.47. The quantitative estimate of drug-likeness (QED) is 0.779. The van der Waals surface area contributed by atoms with Gasteiger partial charge in [-0.15, -0.1) is 0 Å². The number of rotatable bonds is 2. The Morgan fingerprint density at radius 1 is 1.44 bits per heavy atom. The van der Waals surface area contributed by atoms with E-state index in [0.29, 0.717) is 6.61 Å². The third-order valence-electron chi connectivity index (χ3n) is 3.19. The van der Waals surface area contributed by atoms with Crippen molar-refractivity contribution in [3.05, 3.63) is 5.92 Å². The van der Waals surface area contributed by atoms with Crippen molar-refractivity contribution in [2.24, 2.45) is 0 Å². The van der Waals surface area contributed by atoms with Gasteiger partial charge in [-0.25, -0.2) is 4.79 Å². The molecule has 2 saturated heterocycles. The first-order chi connectivity index (χ1) is 7.09. The zero-order valence-electron chi connectivity index (χ0n) is 10.1. The second-order valence-corrected chi connectivity index (χ2v) is 4.95. The van der Waals surface area contributed by atoms with Gasteiger partial charge < -0.3 is 15.0 Å². The van der Waals surface area contributed by atoms with Crippen LogP contribution in [0.5, 0.6) is 0 Å². The van der Waals surface area contributed by atoms with Crippen LogP contribution in [0.3, 0.4) is 0 Å². The summed E-state index contributed by atoms with van der Waals surface area (Å²) in [7, 11) is 0. The molecule has 0 aliphatic carbocycles. The van der Waals surface area contributed by atoms with Gasteiger partial charge in [-0.3, -0.25) is 5.92 Å². The molecule has 16 heavy (non-hydrogen) atoms. The third kappa shape index (κ3) is 3.17. The summed E-state index contributed by atoms with van der Waals surface area (Å²) in [5.74, 6) is 1.46. The van der Waals surface area contributed by atoms with Crippen molar-refractivity contribution in [3.8, 4) is 0 Å². The number of amides is 1. The van der Waals surface area contributed by atoms with Crippen LogP contribution in [0, 0.1) is 5.92 Å². The minimum absolute atomic E-state index is 0. The van der Waals surface area contributed by atoms with Crippen LogP contribution >= 0.6 is 0 Å². The SMILES string of the molecule is CC1(C)COC(=O)N1C[C-]1CCNCC1.[Y+3]. The number of nitrogens with one attached hydrogen (secondary N) is 1. The number of hydrogen-bond donors (Lipinski definition) is 1. The topological polar surface area (TPSA) is 41.6 Å². The standard InChI is InChI=1S/C11H19N2O2.Y/c1-11(2)8-15-10(14)13(11)7-9-3-5-12-6-4-9;/h12H,3-8H2,1-2H3;/q-1;+3. The van der Waals surface area contributed by atoms with Gasteiger partial charge in [-0.2, -0.15) is 12.8 Å². The molecule has 0 radical (unpaired) electrons. The molecule has 0 atom stereocenters. The zero-order valence-corrected chi connectivity index (χ0v) is 12.9. The van der Waals surface area contributed by atoms with Crippen LogP contribution in [0.15, 0.2) is 0 Å². The average molecular weight is 300 g/mol. The van der Waals surface area contributed by atoms with E-state index in [-0.39, 0.29) is 44.3 Å². The summed E-state index contributed by atoms with van der Waals surface area (Å²) in [6, 6.07) is 0. The van der Waals surface area contributed by atoms with Gasteiger partial charge in [-0.05, 0) is 26.9 Å². The Labute approximate surface area is 122 Å². The normalized spacial score (nSPS) is 25.1. The Morgan fingerprint density at radius 2 is 2.06 bits per heavy atom. The predicted octanol–water partition coefficient (Wildman–Crippen LogP) is 1.17. The van der Waals surface area contributed by atoms with E-state index >= 15 is 0 Å². The maximum atomic E-state index is 11.5. The molecule has 0 aromatic rings. The fourth-order valence-electron chi connectivity index (χ4n) is 2.08. The summed E-state index contributed by atoms with van der Waals surface area (Å²) in [5.41, 5.74) is -0.144. The van der Waals surface area contributed by atoms with Crippen LogP contribution in [-0.4, -0.2) is 42.8 Å². The third-order valence-corrected chi connectivity index (χ3v) is 3.19. The molecule has 4 nitrogen and oxygen atoms in total. The minimum atomic E-state index is -0.161. The Hall–Kier alpha value is 0.334. The molecule has 1 amide bonds. The van der Waals surface area contributed by atoms with E-state index in [9.17, 15) is 4.79 Å². The Morgan fingerprint density at radius 3 is 2.56 bits per heavy atom. The molecular formula is C11H19N2O2Y+2. The molecule has 2 fully saturated rings. The van der Waals surface area contributed by atoms with Crippen molar-refractivity contribution in [1.82, 2.24) is 10.2 Å². The number of carbonyl (C=O) groups is 1. The van der Waals surface area contributed by atoms with Crippen LogP contribution in [0.25, 0.3) is 0 Å². The first kappa shape index (κ1) is 14.4. The molecular weight excluding hydrogens is 281 g/mol. The Bertz CT molecular complexity index is 252. The number of piperidine rings is 1. The van der Waals surface area contributed by atoms with E-state index < -0.39 is 0 Å².